The van der Waals surface area contributed by atoms with Crippen LogP contribution in [0.25, 0.3) is 10.8 Å². The largest absolute Gasteiger partial charge is 0.0613 e. The number of fused-ring (bicyclic) bond motifs is 1. The molecule has 0 heteroatoms. The molecule has 0 atom stereocenters. The molecule has 4 aliphatic carbocycles. The zero-order valence-electron chi connectivity index (χ0n) is 14.5. The first-order valence-electron chi connectivity index (χ1n) is 9.72. The molecule has 2 aromatic carbocycles. The van der Waals surface area contributed by atoms with E-state index in [1.807, 2.05) is 0 Å². The molecule has 120 valence electrons. The predicted molar refractivity (Wildman–Crippen MR) is 97.8 cm³/mol. The quantitative estimate of drug-likeness (QED) is 0.594. The Labute approximate surface area is 140 Å². The van der Waals surface area contributed by atoms with E-state index in [2.05, 4.69) is 50.2 Å². The normalized spacial score (nSPS) is 35.3. The monoisotopic (exact) mass is 304 g/mol. The van der Waals surface area contributed by atoms with Gasteiger partial charge < -0.3 is 0 Å². The van der Waals surface area contributed by atoms with Gasteiger partial charge in [-0.15, -0.1) is 0 Å². The molecule has 6 rings (SSSR count). The van der Waals surface area contributed by atoms with Crippen molar-refractivity contribution in [1.82, 2.24) is 0 Å². The van der Waals surface area contributed by atoms with Crippen molar-refractivity contribution < 1.29 is 0 Å². The molecule has 0 nitrogen and oxygen atoms in total. The molecule has 2 aromatic rings. The molecule has 0 radical (unpaired) electrons. The second-order valence-corrected chi connectivity index (χ2v) is 8.90. The summed E-state index contributed by atoms with van der Waals surface area (Å²) in [5.74, 6) is 5.52. The van der Waals surface area contributed by atoms with Gasteiger partial charge in [0, 0.05) is 0 Å². The molecule has 23 heavy (non-hydrogen) atoms. The first-order valence-corrected chi connectivity index (χ1v) is 9.72. The molecule has 4 fully saturated rings. The van der Waals surface area contributed by atoms with E-state index >= 15 is 0 Å². The van der Waals surface area contributed by atoms with Crippen molar-refractivity contribution >= 4 is 10.8 Å². The standard InChI is InChI=1S/C23H28/c1-14(2)19-5-3-7-21-20(19)6-4-8-22(21)23-17-10-15-9-16(12-17)13-18(23)11-15/h3-8,14-18,23H,9-13H2,1-2H3. The third kappa shape index (κ3) is 2.10. The van der Waals surface area contributed by atoms with Gasteiger partial charge in [-0.2, -0.15) is 0 Å². The topological polar surface area (TPSA) is 0 Å². The maximum absolute atomic E-state index is 2.46. The molecule has 0 unspecified atom stereocenters. The number of hydrogen-bond donors (Lipinski definition) is 0. The molecule has 4 saturated carbocycles. The lowest BCUT2D eigenvalue weighted by Gasteiger charge is -2.54. The Balaban J connectivity index is 1.65. The summed E-state index contributed by atoms with van der Waals surface area (Å²) in [5.41, 5.74) is 3.20. The minimum absolute atomic E-state index is 0.604. The molecule has 0 aliphatic heterocycles. The van der Waals surface area contributed by atoms with Crippen molar-refractivity contribution in [2.45, 2.75) is 57.8 Å². The first-order chi connectivity index (χ1) is 11.2. The zero-order chi connectivity index (χ0) is 15.6. The molecule has 0 aromatic heterocycles. The van der Waals surface area contributed by atoms with Crippen LogP contribution in [0.5, 0.6) is 0 Å². The van der Waals surface area contributed by atoms with Crippen molar-refractivity contribution in [3.63, 3.8) is 0 Å². The van der Waals surface area contributed by atoms with Gasteiger partial charge in [-0.1, -0.05) is 50.2 Å². The van der Waals surface area contributed by atoms with Gasteiger partial charge in [0.05, 0.1) is 0 Å². The highest BCUT2D eigenvalue weighted by molar-refractivity contribution is 5.89. The molecule has 0 heterocycles. The van der Waals surface area contributed by atoms with Gasteiger partial charge in [-0.05, 0) is 89.5 Å². The minimum Gasteiger partial charge on any atom is -0.0613 e. The molecule has 0 spiro atoms. The van der Waals surface area contributed by atoms with Crippen LogP contribution in [0, 0.1) is 23.7 Å². The summed E-state index contributed by atoms with van der Waals surface area (Å²) in [5, 5.41) is 3.06. The molecule has 4 bridgehead atoms. The van der Waals surface area contributed by atoms with Crippen LogP contribution in [0.1, 0.15) is 68.9 Å². The summed E-state index contributed by atoms with van der Waals surface area (Å²) in [6.45, 7) is 4.65. The summed E-state index contributed by atoms with van der Waals surface area (Å²) in [4.78, 5) is 0. The fraction of sp³-hybridized carbons (Fsp3) is 0.565. The Hall–Kier alpha value is -1.30. The van der Waals surface area contributed by atoms with Crippen LogP contribution in [-0.2, 0) is 0 Å². The average Bonchev–Trinajstić information content (AvgIpc) is 2.53. The molecule has 0 N–H and O–H groups in total. The van der Waals surface area contributed by atoms with Gasteiger partial charge >= 0.3 is 0 Å². The van der Waals surface area contributed by atoms with Gasteiger partial charge in [0.15, 0.2) is 0 Å². The lowest BCUT2D eigenvalue weighted by Crippen LogP contribution is -2.43. The Kier molecular flexibility index (Phi) is 3.12. The molecule has 0 amide bonds. The lowest BCUT2D eigenvalue weighted by atomic mass is 9.50. The second-order valence-electron chi connectivity index (χ2n) is 8.90. The van der Waals surface area contributed by atoms with E-state index in [0.717, 1.165) is 29.6 Å². The zero-order valence-corrected chi connectivity index (χ0v) is 14.5. The number of rotatable bonds is 2. The van der Waals surface area contributed by atoms with E-state index in [9.17, 15) is 0 Å². The Bertz CT molecular complexity index is 711. The minimum atomic E-state index is 0.604. The van der Waals surface area contributed by atoms with Crippen LogP contribution in [0.4, 0.5) is 0 Å². The summed E-state index contributed by atoms with van der Waals surface area (Å²) in [7, 11) is 0. The van der Waals surface area contributed by atoms with E-state index in [1.165, 1.54) is 36.6 Å². The van der Waals surface area contributed by atoms with Crippen LogP contribution in [0.15, 0.2) is 36.4 Å². The van der Waals surface area contributed by atoms with Gasteiger partial charge in [0.1, 0.15) is 0 Å². The van der Waals surface area contributed by atoms with Crippen LogP contribution >= 0.6 is 0 Å². The highest BCUT2D eigenvalue weighted by Crippen LogP contribution is 2.60. The van der Waals surface area contributed by atoms with E-state index in [1.54, 1.807) is 17.4 Å². The van der Waals surface area contributed by atoms with Gasteiger partial charge in [0.25, 0.3) is 0 Å². The van der Waals surface area contributed by atoms with Crippen molar-refractivity contribution in [2.75, 3.05) is 0 Å². The summed E-state index contributed by atoms with van der Waals surface area (Å²) in [6.07, 6.45) is 7.60. The van der Waals surface area contributed by atoms with Crippen molar-refractivity contribution in [3.8, 4) is 0 Å². The molecular formula is C23H28. The number of benzene rings is 2. The Morgan fingerprint density at radius 1 is 0.739 bits per heavy atom. The Morgan fingerprint density at radius 3 is 2.00 bits per heavy atom. The average molecular weight is 304 g/mol. The fourth-order valence-electron chi connectivity index (χ4n) is 6.59. The highest BCUT2D eigenvalue weighted by Gasteiger charge is 2.48. The molecule has 4 aliphatic rings. The lowest BCUT2D eigenvalue weighted by molar-refractivity contribution is -0.00231. The third-order valence-corrected chi connectivity index (χ3v) is 7.20. The van der Waals surface area contributed by atoms with E-state index in [-0.39, 0.29) is 0 Å². The highest BCUT2D eigenvalue weighted by atomic mass is 14.5. The van der Waals surface area contributed by atoms with Crippen molar-refractivity contribution in [2.24, 2.45) is 23.7 Å². The van der Waals surface area contributed by atoms with E-state index in [0.29, 0.717) is 5.92 Å². The van der Waals surface area contributed by atoms with Crippen LogP contribution in [0.3, 0.4) is 0 Å². The van der Waals surface area contributed by atoms with Crippen LogP contribution in [-0.4, -0.2) is 0 Å². The summed E-state index contributed by atoms with van der Waals surface area (Å²) in [6, 6.07) is 14.1. The SMILES string of the molecule is CC(C)c1cccc2c(C3C4CC5CC(C4)CC3C5)cccc12. The fourth-order valence-corrected chi connectivity index (χ4v) is 6.59. The first kappa shape index (κ1) is 14.1. The predicted octanol–water partition coefficient (Wildman–Crippen LogP) is 6.50. The van der Waals surface area contributed by atoms with E-state index < -0.39 is 0 Å². The second kappa shape index (κ2) is 5.10. The molecule has 0 saturated heterocycles. The third-order valence-electron chi connectivity index (χ3n) is 7.20. The van der Waals surface area contributed by atoms with Crippen LogP contribution < -0.4 is 0 Å². The van der Waals surface area contributed by atoms with Gasteiger partial charge in [-0.3, -0.25) is 0 Å². The van der Waals surface area contributed by atoms with Crippen molar-refractivity contribution in [3.05, 3.63) is 47.5 Å². The molecular weight excluding hydrogens is 276 g/mol. The van der Waals surface area contributed by atoms with Gasteiger partial charge in [-0.25, -0.2) is 0 Å². The van der Waals surface area contributed by atoms with E-state index in [4.69, 9.17) is 0 Å². The van der Waals surface area contributed by atoms with Crippen molar-refractivity contribution in [1.29, 1.82) is 0 Å². The smallest absolute Gasteiger partial charge is 0.00987 e. The number of hydrogen-bond acceptors (Lipinski definition) is 0. The maximum atomic E-state index is 2.46. The van der Waals surface area contributed by atoms with Gasteiger partial charge in [0.2, 0.25) is 0 Å². The van der Waals surface area contributed by atoms with Crippen LogP contribution in [0.2, 0.25) is 0 Å². The Morgan fingerprint density at radius 2 is 1.35 bits per heavy atom. The maximum Gasteiger partial charge on any atom is -0.00987 e. The summed E-state index contributed by atoms with van der Waals surface area (Å²) < 4.78 is 0. The summed E-state index contributed by atoms with van der Waals surface area (Å²) >= 11 is 0.